The highest BCUT2D eigenvalue weighted by Gasteiger charge is 2.30. The molecule has 0 radical (unpaired) electrons. The fourth-order valence-corrected chi connectivity index (χ4v) is 2.07. The highest BCUT2D eigenvalue weighted by molar-refractivity contribution is 5.65. The lowest BCUT2D eigenvalue weighted by Gasteiger charge is -2.10. The molecule has 0 unspecified atom stereocenters. The van der Waals surface area contributed by atoms with Crippen LogP contribution in [-0.2, 0) is 6.18 Å². The van der Waals surface area contributed by atoms with E-state index in [1.54, 1.807) is 6.07 Å². The van der Waals surface area contributed by atoms with Gasteiger partial charge in [0, 0.05) is 29.6 Å². The SMILES string of the molecule is Fc1cc(-c2cc(Nc3cccc(C(F)(F)F)c3)ncn2)ccn1. The van der Waals surface area contributed by atoms with Gasteiger partial charge in [0.15, 0.2) is 0 Å². The van der Waals surface area contributed by atoms with E-state index in [4.69, 9.17) is 0 Å². The molecule has 1 aromatic carbocycles. The van der Waals surface area contributed by atoms with Gasteiger partial charge in [0.25, 0.3) is 0 Å². The fourth-order valence-electron chi connectivity index (χ4n) is 2.07. The number of halogens is 4. The summed E-state index contributed by atoms with van der Waals surface area (Å²) in [6.45, 7) is 0. The Morgan fingerprint density at radius 1 is 0.917 bits per heavy atom. The monoisotopic (exact) mass is 334 g/mol. The molecule has 0 saturated carbocycles. The zero-order valence-electron chi connectivity index (χ0n) is 12.0. The zero-order chi connectivity index (χ0) is 17.2. The van der Waals surface area contributed by atoms with Crippen LogP contribution in [0.15, 0.2) is 55.0 Å². The molecule has 122 valence electrons. The van der Waals surface area contributed by atoms with E-state index in [1.807, 2.05) is 0 Å². The molecule has 3 rings (SSSR count). The van der Waals surface area contributed by atoms with Gasteiger partial charge in [-0.15, -0.1) is 0 Å². The van der Waals surface area contributed by atoms with Crippen LogP contribution >= 0.6 is 0 Å². The topological polar surface area (TPSA) is 50.7 Å². The Bertz CT molecular complexity index is 864. The van der Waals surface area contributed by atoms with Crippen molar-refractivity contribution in [2.24, 2.45) is 0 Å². The second kappa shape index (κ2) is 6.23. The van der Waals surface area contributed by atoms with Gasteiger partial charge in [0.1, 0.15) is 12.1 Å². The first-order valence-corrected chi connectivity index (χ1v) is 6.80. The summed E-state index contributed by atoms with van der Waals surface area (Å²) >= 11 is 0. The van der Waals surface area contributed by atoms with Crippen molar-refractivity contribution >= 4 is 11.5 Å². The third kappa shape index (κ3) is 3.65. The highest BCUT2D eigenvalue weighted by Crippen LogP contribution is 2.31. The van der Waals surface area contributed by atoms with Gasteiger partial charge >= 0.3 is 6.18 Å². The molecule has 1 N–H and O–H groups in total. The quantitative estimate of drug-likeness (QED) is 0.568. The summed E-state index contributed by atoms with van der Waals surface area (Å²) in [6, 6.07) is 9.03. The Labute approximate surface area is 134 Å². The number of pyridine rings is 1. The second-order valence-corrected chi connectivity index (χ2v) is 4.86. The maximum absolute atomic E-state index is 13.2. The summed E-state index contributed by atoms with van der Waals surface area (Å²) in [5.41, 5.74) is 0.367. The van der Waals surface area contributed by atoms with Gasteiger partial charge in [-0.3, -0.25) is 0 Å². The third-order valence-electron chi connectivity index (χ3n) is 3.15. The van der Waals surface area contributed by atoms with Crippen molar-refractivity contribution in [1.29, 1.82) is 0 Å². The maximum Gasteiger partial charge on any atom is 0.416 e. The highest BCUT2D eigenvalue weighted by atomic mass is 19.4. The fraction of sp³-hybridized carbons (Fsp3) is 0.0625. The standard InChI is InChI=1S/C16H10F4N4/c17-14-6-10(4-5-21-14)13-8-15(23-9-22-13)24-12-3-1-2-11(7-12)16(18,19)20/h1-9H,(H,22,23,24). The molecule has 24 heavy (non-hydrogen) atoms. The first-order chi connectivity index (χ1) is 11.4. The van der Waals surface area contributed by atoms with Crippen molar-refractivity contribution in [3.63, 3.8) is 0 Å². The van der Waals surface area contributed by atoms with E-state index in [0.717, 1.165) is 12.1 Å². The number of rotatable bonds is 3. The zero-order valence-corrected chi connectivity index (χ0v) is 12.0. The largest absolute Gasteiger partial charge is 0.416 e. The Morgan fingerprint density at radius 3 is 2.50 bits per heavy atom. The summed E-state index contributed by atoms with van der Waals surface area (Å²) in [5.74, 6) is -0.366. The lowest BCUT2D eigenvalue weighted by atomic mass is 10.2. The van der Waals surface area contributed by atoms with Crippen LogP contribution in [0.25, 0.3) is 11.3 Å². The van der Waals surface area contributed by atoms with Gasteiger partial charge in [-0.05, 0) is 24.3 Å². The van der Waals surface area contributed by atoms with E-state index in [2.05, 4.69) is 20.3 Å². The minimum absolute atomic E-state index is 0.232. The number of nitrogens with one attached hydrogen (secondary N) is 1. The van der Waals surface area contributed by atoms with Crippen molar-refractivity contribution in [2.45, 2.75) is 6.18 Å². The molecule has 0 spiro atoms. The van der Waals surface area contributed by atoms with E-state index in [1.165, 1.54) is 36.8 Å². The molecule has 0 bridgehead atoms. The predicted octanol–water partition coefficient (Wildman–Crippen LogP) is 4.44. The molecule has 8 heteroatoms. The van der Waals surface area contributed by atoms with Crippen LogP contribution in [0.2, 0.25) is 0 Å². The van der Waals surface area contributed by atoms with Crippen molar-refractivity contribution in [2.75, 3.05) is 5.32 Å². The van der Waals surface area contributed by atoms with Gasteiger partial charge in [-0.2, -0.15) is 17.6 Å². The predicted molar refractivity (Wildman–Crippen MR) is 79.9 cm³/mol. The van der Waals surface area contributed by atoms with Crippen molar-refractivity contribution in [3.05, 3.63) is 66.5 Å². The number of aromatic nitrogens is 3. The molecular weight excluding hydrogens is 324 g/mol. The van der Waals surface area contributed by atoms with Crippen LogP contribution in [0.1, 0.15) is 5.56 Å². The molecule has 0 aliphatic rings. The summed E-state index contributed by atoms with van der Waals surface area (Å²) < 4.78 is 51.4. The average molecular weight is 334 g/mol. The van der Waals surface area contributed by atoms with Gasteiger partial charge in [-0.1, -0.05) is 6.07 Å². The number of hydrogen-bond donors (Lipinski definition) is 1. The molecular formula is C16H10F4N4. The van der Waals surface area contributed by atoms with Crippen LogP contribution in [0.4, 0.5) is 29.1 Å². The number of alkyl halides is 3. The summed E-state index contributed by atoms with van der Waals surface area (Å²) in [6.07, 6.45) is -1.89. The molecule has 0 atom stereocenters. The smallest absolute Gasteiger partial charge is 0.340 e. The summed E-state index contributed by atoms with van der Waals surface area (Å²) in [4.78, 5) is 11.4. The molecule has 0 amide bonds. The molecule has 0 saturated heterocycles. The van der Waals surface area contributed by atoms with Crippen molar-refractivity contribution in [3.8, 4) is 11.3 Å². The first kappa shape index (κ1) is 15.9. The van der Waals surface area contributed by atoms with E-state index >= 15 is 0 Å². The molecule has 0 aliphatic carbocycles. The van der Waals surface area contributed by atoms with Crippen LogP contribution in [0, 0.1) is 5.95 Å². The third-order valence-corrected chi connectivity index (χ3v) is 3.15. The summed E-state index contributed by atoms with van der Waals surface area (Å²) in [7, 11) is 0. The van der Waals surface area contributed by atoms with Crippen LogP contribution in [-0.4, -0.2) is 15.0 Å². The molecule has 4 nitrogen and oxygen atoms in total. The Morgan fingerprint density at radius 2 is 1.75 bits per heavy atom. The molecule has 2 aromatic heterocycles. The van der Waals surface area contributed by atoms with Crippen molar-refractivity contribution < 1.29 is 17.6 Å². The minimum Gasteiger partial charge on any atom is -0.340 e. The second-order valence-electron chi connectivity index (χ2n) is 4.86. The Hall–Kier alpha value is -3.03. The van der Waals surface area contributed by atoms with E-state index in [0.29, 0.717) is 11.3 Å². The number of anilines is 2. The maximum atomic E-state index is 13.2. The lowest BCUT2D eigenvalue weighted by molar-refractivity contribution is -0.137. The molecule has 3 aromatic rings. The molecule has 2 heterocycles. The average Bonchev–Trinajstić information content (AvgIpc) is 2.55. The molecule has 0 fully saturated rings. The van der Waals surface area contributed by atoms with Crippen LogP contribution in [0.5, 0.6) is 0 Å². The van der Waals surface area contributed by atoms with Crippen LogP contribution < -0.4 is 5.32 Å². The molecule has 0 aliphatic heterocycles. The Kier molecular flexibility index (Phi) is 4.11. The van der Waals surface area contributed by atoms with Crippen LogP contribution in [0.3, 0.4) is 0 Å². The van der Waals surface area contributed by atoms with E-state index < -0.39 is 17.7 Å². The summed E-state index contributed by atoms with van der Waals surface area (Å²) in [5, 5.41) is 2.78. The van der Waals surface area contributed by atoms with Gasteiger partial charge in [0.2, 0.25) is 5.95 Å². The minimum atomic E-state index is -4.43. The Balaban J connectivity index is 1.88. The van der Waals surface area contributed by atoms with E-state index in [9.17, 15) is 17.6 Å². The number of nitrogens with zero attached hydrogens (tertiary/aromatic N) is 3. The van der Waals surface area contributed by atoms with Gasteiger partial charge in [-0.25, -0.2) is 15.0 Å². The normalized spacial score (nSPS) is 11.3. The van der Waals surface area contributed by atoms with Gasteiger partial charge < -0.3 is 5.32 Å². The lowest BCUT2D eigenvalue weighted by Crippen LogP contribution is -2.05. The van der Waals surface area contributed by atoms with Gasteiger partial charge in [0.05, 0.1) is 11.3 Å². The van der Waals surface area contributed by atoms with Crippen molar-refractivity contribution in [1.82, 2.24) is 15.0 Å². The van der Waals surface area contributed by atoms with E-state index in [-0.39, 0.29) is 11.5 Å². The number of benzene rings is 1. The first-order valence-electron chi connectivity index (χ1n) is 6.80. The number of hydrogen-bond acceptors (Lipinski definition) is 4.